The zero-order chi connectivity index (χ0) is 14.0. The molecule has 1 aromatic carbocycles. The standard InChI is InChI=1S/C15H17BrN2O/c1-9-7-11(8-10(2)13(9)16)14(17)15-12(19-3)5-4-6-18-15/h4-8,14H,17H2,1-3H3. The van der Waals surface area contributed by atoms with Crippen molar-refractivity contribution in [2.45, 2.75) is 19.9 Å². The van der Waals surface area contributed by atoms with E-state index in [-0.39, 0.29) is 6.04 Å². The van der Waals surface area contributed by atoms with Crippen LogP contribution in [0.1, 0.15) is 28.4 Å². The molecule has 0 radical (unpaired) electrons. The van der Waals surface area contributed by atoms with Gasteiger partial charge in [0, 0.05) is 10.7 Å². The van der Waals surface area contributed by atoms with Crippen LogP contribution in [0.2, 0.25) is 0 Å². The molecule has 0 aliphatic heterocycles. The highest BCUT2D eigenvalue weighted by Gasteiger charge is 2.16. The van der Waals surface area contributed by atoms with Crippen molar-refractivity contribution in [3.63, 3.8) is 0 Å². The van der Waals surface area contributed by atoms with E-state index in [1.807, 2.05) is 12.1 Å². The average Bonchev–Trinajstić information content (AvgIpc) is 2.43. The van der Waals surface area contributed by atoms with Crippen molar-refractivity contribution in [1.29, 1.82) is 0 Å². The fourth-order valence-corrected chi connectivity index (χ4v) is 2.35. The van der Waals surface area contributed by atoms with Crippen LogP contribution in [0.5, 0.6) is 5.75 Å². The first-order chi connectivity index (χ1) is 9.04. The molecular formula is C15H17BrN2O. The third-order valence-corrected chi connectivity index (χ3v) is 4.38. The van der Waals surface area contributed by atoms with E-state index in [2.05, 4.69) is 46.9 Å². The van der Waals surface area contributed by atoms with Crippen molar-refractivity contribution in [1.82, 2.24) is 4.98 Å². The van der Waals surface area contributed by atoms with Crippen molar-refractivity contribution in [2.24, 2.45) is 5.73 Å². The Morgan fingerprint density at radius 3 is 2.47 bits per heavy atom. The Balaban J connectivity index is 2.47. The molecule has 0 aliphatic rings. The van der Waals surface area contributed by atoms with Crippen LogP contribution in [0.3, 0.4) is 0 Å². The molecular weight excluding hydrogens is 304 g/mol. The number of pyridine rings is 1. The number of halogens is 1. The quantitative estimate of drug-likeness (QED) is 0.941. The molecule has 1 heterocycles. The Kier molecular flexibility index (Phi) is 4.22. The molecule has 0 saturated carbocycles. The maximum Gasteiger partial charge on any atom is 0.142 e. The van der Waals surface area contributed by atoms with Gasteiger partial charge in [0.05, 0.1) is 13.2 Å². The highest BCUT2D eigenvalue weighted by Crippen LogP contribution is 2.30. The van der Waals surface area contributed by atoms with Crippen molar-refractivity contribution in [3.8, 4) is 5.75 Å². The molecule has 1 atom stereocenters. The summed E-state index contributed by atoms with van der Waals surface area (Å²) in [6.45, 7) is 4.12. The minimum Gasteiger partial charge on any atom is -0.495 e. The van der Waals surface area contributed by atoms with Gasteiger partial charge >= 0.3 is 0 Å². The first kappa shape index (κ1) is 14.0. The van der Waals surface area contributed by atoms with Gasteiger partial charge in [-0.25, -0.2) is 0 Å². The van der Waals surface area contributed by atoms with Gasteiger partial charge in [0.15, 0.2) is 0 Å². The Labute approximate surface area is 121 Å². The van der Waals surface area contributed by atoms with Gasteiger partial charge < -0.3 is 10.5 Å². The number of aromatic nitrogens is 1. The first-order valence-electron chi connectivity index (χ1n) is 6.05. The summed E-state index contributed by atoms with van der Waals surface area (Å²) in [5.41, 5.74) is 10.4. The second-order valence-electron chi connectivity index (χ2n) is 4.54. The van der Waals surface area contributed by atoms with Gasteiger partial charge in [0.2, 0.25) is 0 Å². The summed E-state index contributed by atoms with van der Waals surface area (Å²) < 4.78 is 6.44. The maximum absolute atomic E-state index is 6.32. The minimum atomic E-state index is -0.290. The SMILES string of the molecule is COc1cccnc1C(N)c1cc(C)c(Br)c(C)c1. The van der Waals surface area contributed by atoms with Crippen LogP contribution in [0.15, 0.2) is 34.9 Å². The number of hydrogen-bond acceptors (Lipinski definition) is 3. The zero-order valence-corrected chi connectivity index (χ0v) is 12.9. The molecule has 0 saturated heterocycles. The van der Waals surface area contributed by atoms with Crippen LogP contribution in [-0.2, 0) is 0 Å². The van der Waals surface area contributed by atoms with Crippen LogP contribution in [-0.4, -0.2) is 12.1 Å². The van der Waals surface area contributed by atoms with Gasteiger partial charge in [0.1, 0.15) is 11.4 Å². The molecule has 2 N–H and O–H groups in total. The summed E-state index contributed by atoms with van der Waals surface area (Å²) in [4.78, 5) is 4.35. The third-order valence-electron chi connectivity index (χ3n) is 3.13. The lowest BCUT2D eigenvalue weighted by molar-refractivity contribution is 0.404. The molecule has 2 aromatic rings. The predicted molar refractivity (Wildman–Crippen MR) is 80.4 cm³/mol. The second kappa shape index (κ2) is 5.72. The molecule has 4 heteroatoms. The molecule has 2 rings (SSSR count). The fourth-order valence-electron chi connectivity index (χ4n) is 2.13. The maximum atomic E-state index is 6.32. The van der Waals surface area contributed by atoms with Crippen LogP contribution in [0.4, 0.5) is 0 Å². The molecule has 3 nitrogen and oxygen atoms in total. The molecule has 0 fully saturated rings. The molecule has 19 heavy (non-hydrogen) atoms. The smallest absolute Gasteiger partial charge is 0.142 e. The van der Waals surface area contributed by atoms with E-state index in [0.717, 1.165) is 15.7 Å². The molecule has 1 unspecified atom stereocenters. The summed E-state index contributed by atoms with van der Waals surface area (Å²) >= 11 is 3.57. The minimum absolute atomic E-state index is 0.290. The monoisotopic (exact) mass is 320 g/mol. The predicted octanol–water partition coefficient (Wildman–Crippen LogP) is 3.52. The van der Waals surface area contributed by atoms with Gasteiger partial charge in [-0.2, -0.15) is 0 Å². The third kappa shape index (κ3) is 2.80. The summed E-state index contributed by atoms with van der Waals surface area (Å²) in [6.07, 6.45) is 1.73. The fraction of sp³-hybridized carbons (Fsp3) is 0.267. The van der Waals surface area contributed by atoms with E-state index in [1.54, 1.807) is 13.3 Å². The van der Waals surface area contributed by atoms with Crippen LogP contribution < -0.4 is 10.5 Å². The molecule has 0 spiro atoms. The summed E-state index contributed by atoms with van der Waals surface area (Å²) in [5.74, 6) is 0.716. The van der Waals surface area contributed by atoms with Crippen LogP contribution >= 0.6 is 15.9 Å². The van der Waals surface area contributed by atoms with E-state index in [1.165, 1.54) is 11.1 Å². The van der Waals surface area contributed by atoms with Crippen molar-refractivity contribution in [3.05, 3.63) is 57.3 Å². The Hall–Kier alpha value is -1.39. The zero-order valence-electron chi connectivity index (χ0n) is 11.3. The van der Waals surface area contributed by atoms with Crippen molar-refractivity contribution >= 4 is 15.9 Å². The van der Waals surface area contributed by atoms with E-state index in [4.69, 9.17) is 10.5 Å². The van der Waals surface area contributed by atoms with Gasteiger partial charge in [-0.3, -0.25) is 4.98 Å². The number of nitrogens with two attached hydrogens (primary N) is 1. The summed E-state index contributed by atoms with van der Waals surface area (Å²) in [7, 11) is 1.63. The molecule has 0 amide bonds. The van der Waals surface area contributed by atoms with E-state index in [0.29, 0.717) is 5.75 Å². The van der Waals surface area contributed by atoms with Gasteiger partial charge in [-0.1, -0.05) is 28.1 Å². The highest BCUT2D eigenvalue weighted by atomic mass is 79.9. The average molecular weight is 321 g/mol. The number of rotatable bonds is 3. The largest absolute Gasteiger partial charge is 0.495 e. The van der Waals surface area contributed by atoms with Gasteiger partial charge in [-0.15, -0.1) is 0 Å². The number of ether oxygens (including phenoxy) is 1. The summed E-state index contributed by atoms with van der Waals surface area (Å²) in [6, 6.07) is 7.58. The highest BCUT2D eigenvalue weighted by molar-refractivity contribution is 9.10. The van der Waals surface area contributed by atoms with Crippen molar-refractivity contribution in [2.75, 3.05) is 7.11 Å². The molecule has 100 valence electrons. The lowest BCUT2D eigenvalue weighted by atomic mass is 9.99. The van der Waals surface area contributed by atoms with Crippen LogP contribution in [0, 0.1) is 13.8 Å². The number of benzene rings is 1. The Morgan fingerprint density at radius 2 is 1.89 bits per heavy atom. The summed E-state index contributed by atoms with van der Waals surface area (Å²) in [5, 5.41) is 0. The van der Waals surface area contributed by atoms with Gasteiger partial charge in [0.25, 0.3) is 0 Å². The van der Waals surface area contributed by atoms with E-state index in [9.17, 15) is 0 Å². The number of hydrogen-bond donors (Lipinski definition) is 1. The number of methoxy groups -OCH3 is 1. The Bertz CT molecular complexity index is 575. The first-order valence-corrected chi connectivity index (χ1v) is 6.85. The number of aryl methyl sites for hydroxylation is 2. The molecule has 0 aliphatic carbocycles. The normalized spacial score (nSPS) is 12.3. The Morgan fingerprint density at radius 1 is 1.26 bits per heavy atom. The lowest BCUT2D eigenvalue weighted by Crippen LogP contribution is -2.15. The lowest BCUT2D eigenvalue weighted by Gasteiger charge is -2.16. The van der Waals surface area contributed by atoms with E-state index >= 15 is 0 Å². The van der Waals surface area contributed by atoms with Crippen LogP contribution in [0.25, 0.3) is 0 Å². The topological polar surface area (TPSA) is 48.1 Å². The van der Waals surface area contributed by atoms with Gasteiger partial charge in [-0.05, 0) is 42.7 Å². The van der Waals surface area contributed by atoms with Crippen molar-refractivity contribution < 1.29 is 4.74 Å². The molecule has 0 bridgehead atoms. The number of nitrogens with zero attached hydrogens (tertiary/aromatic N) is 1. The van der Waals surface area contributed by atoms with E-state index < -0.39 is 0 Å². The second-order valence-corrected chi connectivity index (χ2v) is 5.33. The molecule has 1 aromatic heterocycles.